The van der Waals surface area contributed by atoms with E-state index in [-0.39, 0.29) is 17.7 Å². The summed E-state index contributed by atoms with van der Waals surface area (Å²) in [4.78, 5) is 27.5. The summed E-state index contributed by atoms with van der Waals surface area (Å²) in [7, 11) is 0. The number of imide groups is 1. The molecule has 0 radical (unpaired) electrons. The topological polar surface area (TPSA) is 46.6 Å². The van der Waals surface area contributed by atoms with E-state index in [0.29, 0.717) is 17.3 Å². The first kappa shape index (κ1) is 22.0. The molecule has 0 saturated carbocycles. The monoisotopic (exact) mass is 465 g/mol. The van der Waals surface area contributed by atoms with Crippen molar-refractivity contribution in [2.24, 2.45) is 0 Å². The standard InChI is InChI=1S/C29H23NO3S/c1-20-12-14-21(15-13-20)19-33-25-10-4-6-22(16-25)17-27-28(31)30(29(32)34-27)18-24-9-5-8-23-7-2-3-11-26(23)24/h2-17H,18-19H2,1H3/b27-17-. The van der Waals surface area contributed by atoms with Gasteiger partial charge in [0, 0.05) is 0 Å². The zero-order chi connectivity index (χ0) is 23.5. The Hall–Kier alpha value is -3.83. The SMILES string of the molecule is Cc1ccc(COc2cccc(/C=C3\SC(=O)N(Cc4cccc5ccccc45)C3=O)c2)cc1. The van der Waals surface area contributed by atoms with Crippen LogP contribution in [0.5, 0.6) is 5.75 Å². The summed E-state index contributed by atoms with van der Waals surface area (Å²) in [5.41, 5.74) is 4.07. The highest BCUT2D eigenvalue weighted by atomic mass is 32.2. The van der Waals surface area contributed by atoms with E-state index < -0.39 is 0 Å². The fourth-order valence-corrected chi connectivity index (χ4v) is 4.77. The number of hydrogen-bond acceptors (Lipinski definition) is 4. The van der Waals surface area contributed by atoms with Crippen LogP contribution >= 0.6 is 11.8 Å². The van der Waals surface area contributed by atoms with Crippen molar-refractivity contribution in [3.8, 4) is 5.75 Å². The van der Waals surface area contributed by atoms with Crippen molar-refractivity contribution >= 4 is 39.8 Å². The molecule has 0 unspecified atom stereocenters. The molecular weight excluding hydrogens is 442 g/mol. The van der Waals surface area contributed by atoms with Gasteiger partial charge in [0.05, 0.1) is 11.4 Å². The Kier molecular flexibility index (Phi) is 6.19. The fourth-order valence-electron chi connectivity index (χ4n) is 3.93. The number of thioether (sulfide) groups is 1. The highest BCUT2D eigenvalue weighted by Crippen LogP contribution is 2.34. The Bertz CT molecular complexity index is 1400. The van der Waals surface area contributed by atoms with Gasteiger partial charge in [-0.1, -0.05) is 84.4 Å². The molecule has 1 saturated heterocycles. The van der Waals surface area contributed by atoms with Crippen LogP contribution in [-0.4, -0.2) is 16.0 Å². The first-order valence-corrected chi connectivity index (χ1v) is 11.9. The van der Waals surface area contributed by atoms with Gasteiger partial charge in [0.15, 0.2) is 0 Å². The molecule has 0 spiro atoms. The van der Waals surface area contributed by atoms with Crippen molar-refractivity contribution in [3.05, 3.63) is 118 Å². The number of rotatable bonds is 6. The predicted octanol–water partition coefficient (Wildman–Crippen LogP) is 6.96. The van der Waals surface area contributed by atoms with E-state index >= 15 is 0 Å². The number of carbonyl (C=O) groups excluding carboxylic acids is 2. The predicted molar refractivity (Wildman–Crippen MR) is 137 cm³/mol. The number of ether oxygens (including phenoxy) is 1. The zero-order valence-corrected chi connectivity index (χ0v) is 19.5. The van der Waals surface area contributed by atoms with Gasteiger partial charge in [-0.2, -0.15) is 0 Å². The average molecular weight is 466 g/mol. The average Bonchev–Trinajstić information content (AvgIpc) is 3.11. The summed E-state index contributed by atoms with van der Waals surface area (Å²) in [6, 6.07) is 29.7. The molecule has 4 aromatic carbocycles. The lowest BCUT2D eigenvalue weighted by Crippen LogP contribution is -2.27. The van der Waals surface area contributed by atoms with E-state index in [2.05, 4.69) is 19.1 Å². The van der Waals surface area contributed by atoms with Crippen molar-refractivity contribution in [1.29, 1.82) is 0 Å². The number of amides is 2. The van der Waals surface area contributed by atoms with Crippen molar-refractivity contribution in [2.45, 2.75) is 20.1 Å². The van der Waals surface area contributed by atoms with Crippen LogP contribution in [0.15, 0.2) is 95.9 Å². The summed E-state index contributed by atoms with van der Waals surface area (Å²) in [6.07, 6.45) is 1.76. The molecular formula is C29H23NO3S. The zero-order valence-electron chi connectivity index (χ0n) is 18.7. The molecule has 168 valence electrons. The van der Waals surface area contributed by atoms with Crippen molar-refractivity contribution in [1.82, 2.24) is 4.90 Å². The number of nitrogens with zero attached hydrogens (tertiary/aromatic N) is 1. The van der Waals surface area contributed by atoms with Crippen LogP contribution in [0, 0.1) is 6.92 Å². The maximum atomic E-state index is 13.1. The minimum Gasteiger partial charge on any atom is -0.489 e. The van der Waals surface area contributed by atoms with Gasteiger partial charge in [0.2, 0.25) is 0 Å². The van der Waals surface area contributed by atoms with E-state index in [9.17, 15) is 9.59 Å². The van der Waals surface area contributed by atoms with Crippen LogP contribution in [-0.2, 0) is 17.9 Å². The first-order valence-electron chi connectivity index (χ1n) is 11.1. The van der Waals surface area contributed by atoms with Crippen molar-refractivity contribution < 1.29 is 14.3 Å². The summed E-state index contributed by atoms with van der Waals surface area (Å²) >= 11 is 0.976. The number of fused-ring (bicyclic) bond motifs is 1. The fraction of sp³-hybridized carbons (Fsp3) is 0.103. The molecule has 1 fully saturated rings. The molecule has 0 N–H and O–H groups in total. The quantitative estimate of drug-likeness (QED) is 0.289. The summed E-state index contributed by atoms with van der Waals surface area (Å²) < 4.78 is 5.93. The molecule has 2 amide bonds. The molecule has 0 atom stereocenters. The summed E-state index contributed by atoms with van der Waals surface area (Å²) in [6.45, 7) is 2.77. The van der Waals surface area contributed by atoms with Gasteiger partial charge in [-0.15, -0.1) is 0 Å². The van der Waals surface area contributed by atoms with E-state index in [1.807, 2.05) is 78.9 Å². The largest absolute Gasteiger partial charge is 0.489 e. The third-order valence-corrected chi connectivity index (χ3v) is 6.67. The van der Waals surface area contributed by atoms with Crippen molar-refractivity contribution in [3.63, 3.8) is 0 Å². The van der Waals surface area contributed by atoms with E-state index in [1.54, 1.807) is 6.08 Å². The lowest BCUT2D eigenvalue weighted by Gasteiger charge is -2.14. The molecule has 1 aliphatic rings. The van der Waals surface area contributed by atoms with E-state index in [0.717, 1.165) is 39.2 Å². The molecule has 0 aromatic heterocycles. The van der Waals surface area contributed by atoms with Gasteiger partial charge in [0.1, 0.15) is 12.4 Å². The molecule has 0 aliphatic carbocycles. The third kappa shape index (κ3) is 4.75. The van der Waals surface area contributed by atoms with Crippen LogP contribution in [0.2, 0.25) is 0 Å². The van der Waals surface area contributed by atoms with E-state index in [1.165, 1.54) is 10.5 Å². The second-order valence-corrected chi connectivity index (χ2v) is 9.25. The lowest BCUT2D eigenvalue weighted by molar-refractivity contribution is -0.123. The van der Waals surface area contributed by atoms with E-state index in [4.69, 9.17) is 4.74 Å². The molecule has 4 nitrogen and oxygen atoms in total. The number of hydrogen-bond donors (Lipinski definition) is 0. The highest BCUT2D eigenvalue weighted by molar-refractivity contribution is 8.18. The Morgan fingerprint density at radius 3 is 2.50 bits per heavy atom. The minimum absolute atomic E-state index is 0.253. The maximum absolute atomic E-state index is 13.1. The minimum atomic E-state index is -0.270. The number of aryl methyl sites for hydroxylation is 1. The Labute approximate surface area is 202 Å². The van der Waals surface area contributed by atoms with Crippen LogP contribution in [0.3, 0.4) is 0 Å². The van der Waals surface area contributed by atoms with Gasteiger partial charge < -0.3 is 4.74 Å². The van der Waals surface area contributed by atoms with Gasteiger partial charge in [0.25, 0.3) is 11.1 Å². The second-order valence-electron chi connectivity index (χ2n) is 8.25. The lowest BCUT2D eigenvalue weighted by atomic mass is 10.0. The molecule has 1 aliphatic heterocycles. The molecule has 34 heavy (non-hydrogen) atoms. The van der Waals surface area contributed by atoms with Crippen LogP contribution in [0.1, 0.15) is 22.3 Å². The second kappa shape index (κ2) is 9.57. The summed E-state index contributed by atoms with van der Waals surface area (Å²) in [5.74, 6) is 0.443. The molecule has 5 rings (SSSR count). The number of carbonyl (C=O) groups is 2. The smallest absolute Gasteiger partial charge is 0.293 e. The third-order valence-electron chi connectivity index (χ3n) is 5.76. The first-order chi connectivity index (χ1) is 16.6. The van der Waals surface area contributed by atoms with Gasteiger partial charge in [-0.25, -0.2) is 0 Å². The molecule has 5 heteroatoms. The van der Waals surface area contributed by atoms with Crippen LogP contribution < -0.4 is 4.74 Å². The summed E-state index contributed by atoms with van der Waals surface area (Å²) in [5, 5.41) is 1.88. The van der Waals surface area contributed by atoms with Gasteiger partial charge in [-0.3, -0.25) is 14.5 Å². The van der Waals surface area contributed by atoms with Gasteiger partial charge in [-0.05, 0) is 64.4 Å². The Morgan fingerprint density at radius 2 is 1.65 bits per heavy atom. The van der Waals surface area contributed by atoms with Crippen molar-refractivity contribution in [2.75, 3.05) is 0 Å². The Balaban J connectivity index is 1.31. The molecule has 4 aromatic rings. The molecule has 1 heterocycles. The Morgan fingerprint density at radius 1 is 0.882 bits per heavy atom. The highest BCUT2D eigenvalue weighted by Gasteiger charge is 2.35. The van der Waals surface area contributed by atoms with Gasteiger partial charge >= 0.3 is 0 Å². The van der Waals surface area contributed by atoms with Crippen LogP contribution in [0.4, 0.5) is 4.79 Å². The van der Waals surface area contributed by atoms with Crippen LogP contribution in [0.25, 0.3) is 16.8 Å². The number of benzene rings is 4. The molecule has 0 bridgehead atoms. The maximum Gasteiger partial charge on any atom is 0.293 e. The normalized spacial score (nSPS) is 14.9.